The Kier molecular flexibility index (Phi) is 3.52. The second-order valence-corrected chi connectivity index (χ2v) is 7.02. The van der Waals surface area contributed by atoms with E-state index in [1.54, 1.807) is 24.7 Å². The number of aryl methyl sites for hydroxylation is 1. The van der Waals surface area contributed by atoms with Gasteiger partial charge in [0.1, 0.15) is 17.9 Å². The number of hydrogen-bond donors (Lipinski definition) is 2. The lowest BCUT2D eigenvalue weighted by atomic mass is 9.69. The Morgan fingerprint density at radius 1 is 1.07 bits per heavy atom. The Bertz CT molecular complexity index is 1110. The van der Waals surface area contributed by atoms with Crippen LogP contribution in [0.3, 0.4) is 0 Å². The minimum absolute atomic E-state index is 0.128. The standard InChI is InChI=1S/C21H19N5O2/c1-12-3-2-7-25-19(12)16-11-27-20(23)26-21(16)14-6-8-24-10-18(14)28-17-5-4-13(22)9-15(17)21/h2-10,16H,11,22H2,1H3,(H2,23,26). The first-order valence-electron chi connectivity index (χ1n) is 9.01. The summed E-state index contributed by atoms with van der Waals surface area (Å²) < 4.78 is 11.8. The molecule has 0 saturated carbocycles. The summed E-state index contributed by atoms with van der Waals surface area (Å²) in [6.07, 6.45) is 5.20. The van der Waals surface area contributed by atoms with Gasteiger partial charge in [-0.25, -0.2) is 4.99 Å². The lowest BCUT2D eigenvalue weighted by molar-refractivity contribution is 0.184. The van der Waals surface area contributed by atoms with Crippen molar-refractivity contribution in [3.05, 3.63) is 77.4 Å². The largest absolute Gasteiger partial charge is 0.465 e. The summed E-state index contributed by atoms with van der Waals surface area (Å²) in [7, 11) is 0. The van der Waals surface area contributed by atoms with Crippen LogP contribution >= 0.6 is 0 Å². The highest BCUT2D eigenvalue weighted by Crippen LogP contribution is 2.56. The number of nitrogen functional groups attached to an aromatic ring is 1. The molecular formula is C21H19N5O2. The Balaban J connectivity index is 1.88. The van der Waals surface area contributed by atoms with Crippen LogP contribution in [-0.2, 0) is 10.3 Å². The Morgan fingerprint density at radius 3 is 2.82 bits per heavy atom. The topological polar surface area (TPSA) is 109 Å². The summed E-state index contributed by atoms with van der Waals surface area (Å²) in [6.45, 7) is 2.37. The van der Waals surface area contributed by atoms with Crippen molar-refractivity contribution in [3.63, 3.8) is 0 Å². The maximum Gasteiger partial charge on any atom is 0.283 e. The molecular weight excluding hydrogens is 354 g/mol. The van der Waals surface area contributed by atoms with Crippen molar-refractivity contribution >= 4 is 11.7 Å². The van der Waals surface area contributed by atoms with Gasteiger partial charge in [-0.15, -0.1) is 0 Å². The van der Waals surface area contributed by atoms with Gasteiger partial charge in [0.25, 0.3) is 6.02 Å². The monoisotopic (exact) mass is 373 g/mol. The van der Waals surface area contributed by atoms with Gasteiger partial charge in [-0.1, -0.05) is 6.07 Å². The molecule has 3 aromatic rings. The molecule has 0 amide bonds. The molecule has 4 heterocycles. The molecule has 4 N–H and O–H groups in total. The van der Waals surface area contributed by atoms with Crippen LogP contribution in [0.5, 0.6) is 11.5 Å². The van der Waals surface area contributed by atoms with Gasteiger partial charge >= 0.3 is 0 Å². The van der Waals surface area contributed by atoms with E-state index in [2.05, 4.69) is 9.97 Å². The number of pyridine rings is 2. The highest BCUT2D eigenvalue weighted by atomic mass is 16.5. The third kappa shape index (κ3) is 2.26. The van der Waals surface area contributed by atoms with Gasteiger partial charge in [0.05, 0.1) is 17.8 Å². The summed E-state index contributed by atoms with van der Waals surface area (Å²) >= 11 is 0. The normalized spacial score (nSPS) is 22.5. The van der Waals surface area contributed by atoms with Gasteiger partial charge in [-0.3, -0.25) is 9.97 Å². The number of amidine groups is 1. The molecule has 5 rings (SSSR count). The minimum Gasteiger partial charge on any atom is -0.465 e. The van der Waals surface area contributed by atoms with E-state index in [9.17, 15) is 0 Å². The molecule has 140 valence electrons. The third-order valence-corrected chi connectivity index (χ3v) is 5.40. The summed E-state index contributed by atoms with van der Waals surface area (Å²) in [5, 5.41) is 0. The van der Waals surface area contributed by atoms with Crippen LogP contribution in [0.25, 0.3) is 0 Å². The molecule has 2 atom stereocenters. The fourth-order valence-corrected chi connectivity index (χ4v) is 4.18. The van der Waals surface area contributed by atoms with Crippen molar-refractivity contribution < 1.29 is 9.47 Å². The van der Waals surface area contributed by atoms with E-state index < -0.39 is 5.54 Å². The minimum atomic E-state index is -0.872. The quantitative estimate of drug-likeness (QED) is 0.635. The van der Waals surface area contributed by atoms with Gasteiger partial charge < -0.3 is 20.9 Å². The molecule has 2 aliphatic rings. The fraction of sp³-hybridized carbons (Fsp3) is 0.190. The van der Waals surface area contributed by atoms with E-state index in [-0.39, 0.29) is 11.9 Å². The molecule has 7 heteroatoms. The van der Waals surface area contributed by atoms with Crippen molar-refractivity contribution in [1.82, 2.24) is 9.97 Å². The van der Waals surface area contributed by atoms with Crippen molar-refractivity contribution in [1.29, 1.82) is 0 Å². The van der Waals surface area contributed by atoms with Crippen molar-refractivity contribution in [2.75, 3.05) is 12.3 Å². The molecule has 0 bridgehead atoms. The summed E-state index contributed by atoms with van der Waals surface area (Å²) in [5.74, 6) is 1.09. The number of aromatic nitrogens is 2. The van der Waals surface area contributed by atoms with Crippen LogP contribution in [0, 0.1) is 6.92 Å². The molecule has 7 nitrogen and oxygen atoms in total. The van der Waals surface area contributed by atoms with Crippen LogP contribution < -0.4 is 16.2 Å². The molecule has 0 aliphatic carbocycles. The summed E-state index contributed by atoms with van der Waals surface area (Å²) in [6, 6.07) is 11.5. The number of ether oxygens (including phenoxy) is 2. The number of benzene rings is 1. The van der Waals surface area contributed by atoms with Crippen LogP contribution in [0.1, 0.15) is 28.3 Å². The van der Waals surface area contributed by atoms with Gasteiger partial charge in [-0.2, -0.15) is 0 Å². The zero-order chi connectivity index (χ0) is 19.3. The van der Waals surface area contributed by atoms with Gasteiger partial charge in [0.15, 0.2) is 5.75 Å². The zero-order valence-corrected chi connectivity index (χ0v) is 15.3. The maximum atomic E-state index is 6.15. The number of fused-ring (bicyclic) bond motifs is 4. The highest BCUT2D eigenvalue weighted by Gasteiger charge is 2.52. The molecule has 0 saturated heterocycles. The second kappa shape index (κ2) is 5.95. The first kappa shape index (κ1) is 16.6. The Morgan fingerprint density at radius 2 is 1.96 bits per heavy atom. The molecule has 2 unspecified atom stereocenters. The molecule has 2 aliphatic heterocycles. The SMILES string of the molecule is Cc1cccnc1C1COC(N)=NC12c1ccncc1Oc1ccc(N)cc12. The van der Waals surface area contributed by atoms with Crippen LogP contribution in [0.4, 0.5) is 5.69 Å². The van der Waals surface area contributed by atoms with E-state index in [0.717, 1.165) is 22.4 Å². The number of anilines is 1. The van der Waals surface area contributed by atoms with E-state index in [1.165, 1.54) is 0 Å². The van der Waals surface area contributed by atoms with Gasteiger partial charge in [-0.05, 0) is 42.8 Å². The van der Waals surface area contributed by atoms with Gasteiger partial charge in [0, 0.05) is 29.2 Å². The molecule has 0 radical (unpaired) electrons. The first-order valence-corrected chi connectivity index (χ1v) is 9.01. The number of aliphatic imine (C=N–C) groups is 1. The van der Waals surface area contributed by atoms with Crippen molar-refractivity contribution in [2.24, 2.45) is 10.7 Å². The third-order valence-electron chi connectivity index (χ3n) is 5.40. The van der Waals surface area contributed by atoms with Crippen molar-refractivity contribution in [2.45, 2.75) is 18.4 Å². The van der Waals surface area contributed by atoms with E-state index >= 15 is 0 Å². The summed E-state index contributed by atoms with van der Waals surface area (Å²) in [4.78, 5) is 13.8. The van der Waals surface area contributed by atoms with E-state index in [4.69, 9.17) is 25.9 Å². The number of rotatable bonds is 1. The van der Waals surface area contributed by atoms with E-state index in [1.807, 2.05) is 37.3 Å². The number of hydrogen-bond acceptors (Lipinski definition) is 7. The molecule has 1 aromatic carbocycles. The average molecular weight is 373 g/mol. The van der Waals surface area contributed by atoms with Crippen LogP contribution in [-0.4, -0.2) is 22.6 Å². The van der Waals surface area contributed by atoms with E-state index in [0.29, 0.717) is 23.8 Å². The fourth-order valence-electron chi connectivity index (χ4n) is 4.18. The zero-order valence-electron chi connectivity index (χ0n) is 15.3. The lowest BCUT2D eigenvalue weighted by Crippen LogP contribution is -2.45. The van der Waals surface area contributed by atoms with Crippen LogP contribution in [0.2, 0.25) is 0 Å². The molecule has 1 spiro atoms. The predicted octanol–water partition coefficient (Wildman–Crippen LogP) is 2.85. The average Bonchev–Trinajstić information content (AvgIpc) is 2.70. The van der Waals surface area contributed by atoms with Gasteiger partial charge in [0.2, 0.25) is 0 Å². The number of nitrogens with two attached hydrogens (primary N) is 2. The Hall–Kier alpha value is -3.61. The molecule has 28 heavy (non-hydrogen) atoms. The smallest absolute Gasteiger partial charge is 0.283 e. The lowest BCUT2D eigenvalue weighted by Gasteiger charge is -2.44. The highest BCUT2D eigenvalue weighted by molar-refractivity contribution is 5.76. The van der Waals surface area contributed by atoms with Crippen LogP contribution in [0.15, 0.2) is 60.0 Å². The number of nitrogens with zero attached hydrogens (tertiary/aromatic N) is 3. The summed E-state index contributed by atoms with van der Waals surface area (Å²) in [5.41, 5.74) is 15.6. The Labute approximate surface area is 162 Å². The predicted molar refractivity (Wildman–Crippen MR) is 105 cm³/mol. The maximum absolute atomic E-state index is 6.15. The molecule has 2 aromatic heterocycles. The second-order valence-electron chi connectivity index (χ2n) is 7.02. The first-order chi connectivity index (χ1) is 13.6. The van der Waals surface area contributed by atoms with Crippen molar-refractivity contribution in [3.8, 4) is 11.5 Å². The molecule has 0 fully saturated rings.